The van der Waals surface area contributed by atoms with E-state index in [1.54, 1.807) is 12.1 Å². The van der Waals surface area contributed by atoms with Crippen molar-refractivity contribution in [1.82, 2.24) is 14.9 Å². The van der Waals surface area contributed by atoms with E-state index in [9.17, 15) is 32.8 Å². The van der Waals surface area contributed by atoms with E-state index in [0.717, 1.165) is 18.3 Å². The van der Waals surface area contributed by atoms with Gasteiger partial charge in [-0.15, -0.1) is 0 Å². The van der Waals surface area contributed by atoms with Crippen LogP contribution in [0.2, 0.25) is 0 Å². The average Bonchev–Trinajstić information content (AvgIpc) is 3.32. The molecule has 0 aliphatic carbocycles. The Bertz CT molecular complexity index is 1250. The lowest BCUT2D eigenvalue weighted by Gasteiger charge is -2.52. The zero-order valence-corrected chi connectivity index (χ0v) is 19.7. The molecule has 2 aromatic rings. The van der Waals surface area contributed by atoms with Gasteiger partial charge in [0.1, 0.15) is 17.2 Å². The van der Waals surface area contributed by atoms with Gasteiger partial charge >= 0.3 is 0 Å². The van der Waals surface area contributed by atoms with Crippen molar-refractivity contribution in [1.29, 1.82) is 0 Å². The summed E-state index contributed by atoms with van der Waals surface area (Å²) in [5.74, 6) is -4.07. The molecule has 1 aromatic heterocycles. The third-order valence-electron chi connectivity index (χ3n) is 6.34. The summed E-state index contributed by atoms with van der Waals surface area (Å²) >= 11 is 0. The van der Waals surface area contributed by atoms with Crippen LogP contribution in [0.4, 0.5) is 8.78 Å². The molecule has 1 atom stereocenters. The molecule has 13 heteroatoms. The molecule has 2 aliphatic rings. The van der Waals surface area contributed by atoms with Crippen molar-refractivity contribution in [2.24, 2.45) is 0 Å². The van der Waals surface area contributed by atoms with Crippen molar-refractivity contribution in [2.45, 2.75) is 25.0 Å². The van der Waals surface area contributed by atoms with Gasteiger partial charge in [0.05, 0.1) is 13.2 Å². The van der Waals surface area contributed by atoms with Crippen LogP contribution in [-0.4, -0.2) is 65.1 Å². The second kappa shape index (κ2) is 9.71. The first-order valence-electron chi connectivity index (χ1n) is 10.8. The van der Waals surface area contributed by atoms with Gasteiger partial charge in [0.25, 0.3) is 11.8 Å². The lowest BCUT2D eigenvalue weighted by Crippen LogP contribution is -2.70. The number of fused-ring (bicyclic) bond motifs is 1. The highest BCUT2D eigenvalue weighted by molar-refractivity contribution is 7.23. The Morgan fingerprint density at radius 1 is 1.31 bits per heavy atom. The molecule has 1 fully saturated rings. The van der Waals surface area contributed by atoms with Crippen molar-refractivity contribution in [2.75, 3.05) is 38.0 Å². The number of likely N-dealkylation sites (N-methyl/N-ethyl adjacent to an activating group) is 1. The van der Waals surface area contributed by atoms with Crippen molar-refractivity contribution < 1.29 is 32.8 Å². The van der Waals surface area contributed by atoms with Gasteiger partial charge in [0.15, 0.2) is 25.6 Å². The SMILES string of the molecule is CN1C(=O)c2c(O)c(=O)c(C(=O)NCc3ccc(F)cc3F)cn2N(CCCP=O)C12CCOC2. The monoisotopic (exact) mass is 508 g/mol. The fourth-order valence-corrected chi connectivity index (χ4v) is 4.68. The van der Waals surface area contributed by atoms with E-state index in [0.29, 0.717) is 31.7 Å². The van der Waals surface area contributed by atoms with Crippen LogP contribution < -0.4 is 15.8 Å². The maximum absolute atomic E-state index is 13.9. The largest absolute Gasteiger partial charge is 0.502 e. The van der Waals surface area contributed by atoms with Gasteiger partial charge in [-0.25, -0.2) is 8.78 Å². The van der Waals surface area contributed by atoms with Crippen LogP contribution in [0.5, 0.6) is 5.75 Å². The minimum Gasteiger partial charge on any atom is -0.502 e. The summed E-state index contributed by atoms with van der Waals surface area (Å²) in [7, 11) is 1.49. The van der Waals surface area contributed by atoms with Crippen molar-refractivity contribution in [3.63, 3.8) is 0 Å². The van der Waals surface area contributed by atoms with E-state index in [1.165, 1.54) is 9.58 Å². The molecule has 3 heterocycles. The van der Waals surface area contributed by atoms with Crippen molar-refractivity contribution in [3.8, 4) is 5.75 Å². The van der Waals surface area contributed by atoms with Crippen molar-refractivity contribution in [3.05, 3.63) is 63.1 Å². The average molecular weight is 508 g/mol. The molecular formula is C22H23F2N4O6P. The van der Waals surface area contributed by atoms with Gasteiger partial charge in [-0.05, 0) is 12.5 Å². The number of carbonyl (C=O) groups excluding carboxylic acids is 2. The molecule has 35 heavy (non-hydrogen) atoms. The first kappa shape index (κ1) is 24.7. The minimum atomic E-state index is -1.06. The Labute approximate surface area is 200 Å². The lowest BCUT2D eigenvalue weighted by atomic mass is 10.0. The van der Waals surface area contributed by atoms with E-state index < -0.39 is 45.9 Å². The van der Waals surface area contributed by atoms with Gasteiger partial charge in [-0.1, -0.05) is 6.07 Å². The molecule has 2 amide bonds. The second-order valence-electron chi connectivity index (χ2n) is 8.31. The first-order valence-corrected chi connectivity index (χ1v) is 11.8. The number of rotatable bonds is 7. The third-order valence-corrected chi connectivity index (χ3v) is 6.83. The highest BCUT2D eigenvalue weighted by Gasteiger charge is 2.52. The van der Waals surface area contributed by atoms with Crippen LogP contribution in [0.15, 0.2) is 29.2 Å². The number of nitrogens with one attached hydrogen (secondary N) is 1. The number of carbonyl (C=O) groups is 2. The summed E-state index contributed by atoms with van der Waals surface area (Å²) in [5.41, 5.74) is -2.77. The predicted molar refractivity (Wildman–Crippen MR) is 120 cm³/mol. The summed E-state index contributed by atoms with van der Waals surface area (Å²) in [5, 5.41) is 14.8. The summed E-state index contributed by atoms with van der Waals surface area (Å²) in [4.78, 5) is 40.3. The number of benzene rings is 1. The van der Waals surface area contributed by atoms with Gasteiger partial charge < -0.3 is 20.1 Å². The molecule has 1 unspecified atom stereocenters. The van der Waals surface area contributed by atoms with E-state index in [2.05, 4.69) is 5.32 Å². The fourth-order valence-electron chi connectivity index (χ4n) is 4.41. The third kappa shape index (κ3) is 4.28. The van der Waals surface area contributed by atoms with Crippen LogP contribution in [0.3, 0.4) is 0 Å². The Morgan fingerprint density at radius 3 is 2.74 bits per heavy atom. The van der Waals surface area contributed by atoms with Crippen LogP contribution in [0, 0.1) is 11.6 Å². The molecule has 1 aromatic carbocycles. The number of pyridine rings is 1. The molecule has 0 saturated carbocycles. The number of amides is 2. The molecule has 4 rings (SSSR count). The summed E-state index contributed by atoms with van der Waals surface area (Å²) in [6, 6.07) is 2.87. The highest BCUT2D eigenvalue weighted by Crippen LogP contribution is 2.35. The topological polar surface area (TPSA) is 121 Å². The van der Waals surface area contributed by atoms with Crippen LogP contribution in [0.1, 0.15) is 39.3 Å². The molecule has 1 spiro atoms. The Balaban J connectivity index is 1.74. The number of aromatic nitrogens is 1. The Morgan fingerprint density at radius 2 is 2.09 bits per heavy atom. The van der Waals surface area contributed by atoms with Crippen molar-refractivity contribution >= 4 is 20.3 Å². The molecular weight excluding hydrogens is 485 g/mol. The molecule has 2 aliphatic heterocycles. The summed E-state index contributed by atoms with van der Waals surface area (Å²) in [6.45, 7) is 0.472. The Hall–Kier alpha value is -3.37. The maximum Gasteiger partial charge on any atom is 0.278 e. The number of ether oxygens (including phenoxy) is 1. The Kier molecular flexibility index (Phi) is 6.86. The zero-order chi connectivity index (χ0) is 25.3. The molecule has 0 radical (unpaired) electrons. The van der Waals surface area contributed by atoms with E-state index >= 15 is 0 Å². The van der Waals surface area contributed by atoms with Crippen LogP contribution in [-0.2, 0) is 15.8 Å². The minimum absolute atomic E-state index is 0.000648. The number of hydrogen-bond donors (Lipinski definition) is 2. The maximum atomic E-state index is 13.9. The predicted octanol–water partition coefficient (Wildman–Crippen LogP) is 1.58. The fraction of sp³-hybridized carbons (Fsp3) is 0.409. The van der Waals surface area contributed by atoms with Gasteiger partial charge in [-0.2, -0.15) is 0 Å². The van der Waals surface area contributed by atoms with Gasteiger partial charge in [0.2, 0.25) is 5.43 Å². The quantitative estimate of drug-likeness (QED) is 0.430. The normalized spacial score (nSPS) is 19.5. The zero-order valence-electron chi connectivity index (χ0n) is 18.8. The van der Waals surface area contributed by atoms with Crippen LogP contribution in [0.25, 0.3) is 0 Å². The van der Waals surface area contributed by atoms with E-state index in [-0.39, 0.29) is 39.4 Å². The summed E-state index contributed by atoms with van der Waals surface area (Å²) in [6.07, 6.45) is 2.38. The van der Waals surface area contributed by atoms with Gasteiger partial charge in [0, 0.05) is 50.5 Å². The molecule has 2 N–H and O–H groups in total. The standard InChI is InChI=1S/C22H23F2N4O6P/c1-26-21(32)17-19(30)18(29)15(20(31)25-10-13-3-4-14(23)9-16(13)24)11-27(17)28(6-2-8-35-33)22(26)5-7-34-12-22/h3-4,9,11,30H,2,5-8,10,12H2,1H3,(H,25,31). The second-order valence-corrected chi connectivity index (χ2v) is 9.02. The highest BCUT2D eigenvalue weighted by atomic mass is 31.1. The van der Waals surface area contributed by atoms with Crippen LogP contribution >= 0.6 is 8.46 Å². The van der Waals surface area contributed by atoms with E-state index in [1.807, 2.05) is 0 Å². The molecule has 186 valence electrons. The number of halogens is 2. The van der Waals surface area contributed by atoms with E-state index in [4.69, 9.17) is 4.74 Å². The first-order chi connectivity index (χ1) is 16.7. The number of hydrogen-bond acceptors (Lipinski definition) is 7. The lowest BCUT2D eigenvalue weighted by molar-refractivity contribution is 0.0301. The summed E-state index contributed by atoms with van der Waals surface area (Å²) < 4.78 is 44.9. The molecule has 1 saturated heterocycles. The smallest absolute Gasteiger partial charge is 0.278 e. The van der Waals surface area contributed by atoms with Gasteiger partial charge in [-0.3, -0.25) is 28.6 Å². The molecule has 10 nitrogen and oxygen atoms in total. The number of nitrogens with zero attached hydrogens (tertiary/aromatic N) is 3. The number of aromatic hydroxyl groups is 1. The molecule has 0 bridgehead atoms.